The zero-order valence-corrected chi connectivity index (χ0v) is 17.1. The van der Waals surface area contributed by atoms with Gasteiger partial charge >= 0.3 is 0 Å². The molecule has 1 aliphatic rings. The monoisotopic (exact) mass is 387 g/mol. The molecule has 0 radical (unpaired) electrons. The summed E-state index contributed by atoms with van der Waals surface area (Å²) < 4.78 is 16.5. The summed E-state index contributed by atoms with van der Waals surface area (Å²) in [6.07, 6.45) is 1.07. The van der Waals surface area contributed by atoms with Crippen LogP contribution in [0.1, 0.15) is 16.7 Å². The summed E-state index contributed by atoms with van der Waals surface area (Å²) in [7, 11) is 4.90. The zero-order valence-electron chi connectivity index (χ0n) is 17.1. The van der Waals surface area contributed by atoms with Crippen molar-refractivity contribution in [3.05, 3.63) is 83.9 Å². The van der Waals surface area contributed by atoms with Gasteiger partial charge in [-0.25, -0.2) is 0 Å². The average molecular weight is 387 g/mol. The Bertz CT molecular complexity index is 1020. The Morgan fingerprint density at radius 2 is 1.52 bits per heavy atom. The van der Waals surface area contributed by atoms with E-state index in [9.17, 15) is 0 Å². The van der Waals surface area contributed by atoms with E-state index in [0.29, 0.717) is 17.2 Å². The van der Waals surface area contributed by atoms with Crippen LogP contribution in [0, 0.1) is 0 Å². The summed E-state index contributed by atoms with van der Waals surface area (Å²) in [6, 6.07) is 20.8. The molecule has 3 aromatic carbocycles. The van der Waals surface area contributed by atoms with Gasteiger partial charge in [0.2, 0.25) is 0 Å². The molecule has 0 unspecified atom stereocenters. The van der Waals surface area contributed by atoms with E-state index in [1.54, 1.807) is 21.3 Å². The van der Waals surface area contributed by atoms with Gasteiger partial charge < -0.3 is 19.1 Å². The highest BCUT2D eigenvalue weighted by atomic mass is 16.5. The summed E-state index contributed by atoms with van der Waals surface area (Å²) in [4.78, 5) is 2.36. The fourth-order valence-corrected chi connectivity index (χ4v) is 3.90. The molecule has 0 aromatic heterocycles. The molecule has 1 aliphatic heterocycles. The largest absolute Gasteiger partial charge is 0.496 e. The predicted octanol–water partition coefficient (Wildman–Crippen LogP) is 5.47. The summed E-state index contributed by atoms with van der Waals surface area (Å²) in [5, 5.41) is 0. The number of fused-ring (bicyclic) bond motifs is 1. The molecule has 29 heavy (non-hydrogen) atoms. The second-order valence-corrected chi connectivity index (χ2v) is 6.96. The zero-order chi connectivity index (χ0) is 20.4. The van der Waals surface area contributed by atoms with E-state index in [4.69, 9.17) is 14.2 Å². The number of anilines is 2. The van der Waals surface area contributed by atoms with Crippen molar-refractivity contribution in [1.29, 1.82) is 0 Å². The van der Waals surface area contributed by atoms with Crippen LogP contribution in [-0.4, -0.2) is 27.9 Å². The smallest absolute Gasteiger partial charge is 0.134 e. The first-order valence-electron chi connectivity index (χ1n) is 9.61. The Kier molecular flexibility index (Phi) is 5.17. The average Bonchev–Trinajstić information content (AvgIpc) is 3.22. The molecule has 4 nitrogen and oxygen atoms in total. The maximum absolute atomic E-state index is 5.59. The highest BCUT2D eigenvalue weighted by Gasteiger charge is 2.21. The first kappa shape index (κ1) is 18.9. The Morgan fingerprint density at radius 3 is 2.14 bits per heavy atom. The molecule has 0 saturated carbocycles. The SMILES string of the molecule is C=C(c1ccc(N2CCc3ccccc32)cc1)c1c(OC)cc(OC)cc1OC. The van der Waals surface area contributed by atoms with Gasteiger partial charge in [-0.2, -0.15) is 0 Å². The standard InChI is InChI=1S/C25H25NO3/c1-17(25-23(28-3)15-21(27-2)16-24(25)29-4)18-9-11-20(12-10-18)26-14-13-19-7-5-6-8-22(19)26/h5-12,15-16H,1,13-14H2,2-4H3. The Balaban J connectivity index is 1.66. The van der Waals surface area contributed by atoms with Gasteiger partial charge in [0, 0.05) is 30.1 Å². The van der Waals surface area contributed by atoms with Crippen molar-refractivity contribution in [3.63, 3.8) is 0 Å². The Labute approximate surface area is 172 Å². The van der Waals surface area contributed by atoms with Gasteiger partial charge in [0.15, 0.2) is 0 Å². The molecule has 148 valence electrons. The number of hydrogen-bond acceptors (Lipinski definition) is 4. The van der Waals surface area contributed by atoms with E-state index in [2.05, 4.69) is 60.0 Å². The van der Waals surface area contributed by atoms with E-state index in [1.807, 2.05) is 12.1 Å². The molecule has 0 aliphatic carbocycles. The predicted molar refractivity (Wildman–Crippen MR) is 118 cm³/mol. The molecule has 4 heteroatoms. The quantitative estimate of drug-likeness (QED) is 0.561. The maximum atomic E-state index is 5.59. The van der Waals surface area contributed by atoms with Crippen LogP contribution in [0.5, 0.6) is 17.2 Å². The van der Waals surface area contributed by atoms with Crippen molar-refractivity contribution in [3.8, 4) is 17.2 Å². The molecular weight excluding hydrogens is 362 g/mol. The summed E-state index contributed by atoms with van der Waals surface area (Å²) >= 11 is 0. The van der Waals surface area contributed by atoms with Crippen molar-refractivity contribution >= 4 is 16.9 Å². The number of para-hydroxylation sites is 1. The lowest BCUT2D eigenvalue weighted by molar-refractivity contribution is 0.374. The molecule has 0 N–H and O–H groups in total. The Morgan fingerprint density at radius 1 is 0.862 bits per heavy atom. The second kappa shape index (κ2) is 7.92. The van der Waals surface area contributed by atoms with Crippen molar-refractivity contribution in [2.45, 2.75) is 6.42 Å². The van der Waals surface area contributed by atoms with Gasteiger partial charge in [-0.05, 0) is 41.3 Å². The Hall–Kier alpha value is -3.40. The summed E-state index contributed by atoms with van der Waals surface area (Å²) in [6.45, 7) is 5.32. The van der Waals surface area contributed by atoms with E-state index in [-0.39, 0.29) is 0 Å². The van der Waals surface area contributed by atoms with Crippen molar-refractivity contribution in [2.75, 3.05) is 32.8 Å². The molecule has 0 fully saturated rings. The minimum absolute atomic E-state index is 0.670. The van der Waals surface area contributed by atoms with E-state index in [0.717, 1.165) is 29.7 Å². The number of hydrogen-bond donors (Lipinski definition) is 0. The first-order chi connectivity index (χ1) is 14.2. The molecule has 3 aromatic rings. The number of methoxy groups -OCH3 is 3. The van der Waals surface area contributed by atoms with Crippen molar-refractivity contribution < 1.29 is 14.2 Å². The fraction of sp³-hybridized carbons (Fsp3) is 0.200. The molecule has 4 rings (SSSR count). The fourth-order valence-electron chi connectivity index (χ4n) is 3.90. The first-order valence-corrected chi connectivity index (χ1v) is 9.61. The molecule has 0 atom stereocenters. The van der Waals surface area contributed by atoms with Crippen LogP contribution in [0.3, 0.4) is 0 Å². The highest BCUT2D eigenvalue weighted by Crippen LogP contribution is 2.41. The lowest BCUT2D eigenvalue weighted by Gasteiger charge is -2.21. The topological polar surface area (TPSA) is 30.9 Å². The minimum atomic E-state index is 0.670. The number of nitrogens with zero attached hydrogens (tertiary/aromatic N) is 1. The molecule has 0 amide bonds. The summed E-state index contributed by atoms with van der Waals surface area (Å²) in [5.74, 6) is 2.02. The van der Waals surface area contributed by atoms with Gasteiger partial charge in [-0.1, -0.05) is 36.9 Å². The van der Waals surface area contributed by atoms with Crippen LogP contribution >= 0.6 is 0 Å². The van der Waals surface area contributed by atoms with Gasteiger partial charge in [0.1, 0.15) is 17.2 Å². The van der Waals surface area contributed by atoms with Crippen LogP contribution in [-0.2, 0) is 6.42 Å². The van der Waals surface area contributed by atoms with E-state index >= 15 is 0 Å². The highest BCUT2D eigenvalue weighted by molar-refractivity contribution is 5.86. The molecule has 1 heterocycles. The normalized spacial score (nSPS) is 12.4. The molecule has 0 spiro atoms. The summed E-state index contributed by atoms with van der Waals surface area (Å²) in [5.41, 5.74) is 6.55. The molecule has 0 saturated heterocycles. The lowest BCUT2D eigenvalue weighted by atomic mass is 9.97. The van der Waals surface area contributed by atoms with Gasteiger partial charge in [0.25, 0.3) is 0 Å². The molecule has 0 bridgehead atoms. The number of benzene rings is 3. The van der Waals surface area contributed by atoms with Gasteiger partial charge in [-0.3, -0.25) is 0 Å². The van der Waals surface area contributed by atoms with Crippen LogP contribution in [0.2, 0.25) is 0 Å². The second-order valence-electron chi connectivity index (χ2n) is 6.96. The number of rotatable bonds is 6. The number of ether oxygens (including phenoxy) is 3. The third-order valence-electron chi connectivity index (χ3n) is 5.43. The van der Waals surface area contributed by atoms with Crippen molar-refractivity contribution in [2.24, 2.45) is 0 Å². The minimum Gasteiger partial charge on any atom is -0.496 e. The van der Waals surface area contributed by atoms with Crippen LogP contribution in [0.15, 0.2) is 67.2 Å². The van der Waals surface area contributed by atoms with Gasteiger partial charge in [-0.15, -0.1) is 0 Å². The van der Waals surface area contributed by atoms with Crippen LogP contribution < -0.4 is 19.1 Å². The van der Waals surface area contributed by atoms with E-state index < -0.39 is 0 Å². The third kappa shape index (κ3) is 3.42. The van der Waals surface area contributed by atoms with Crippen LogP contribution in [0.25, 0.3) is 5.57 Å². The lowest BCUT2D eigenvalue weighted by Crippen LogP contribution is -2.13. The van der Waals surface area contributed by atoms with Gasteiger partial charge in [0.05, 0.1) is 26.9 Å². The molecular formula is C25H25NO3. The maximum Gasteiger partial charge on any atom is 0.134 e. The van der Waals surface area contributed by atoms with Crippen molar-refractivity contribution in [1.82, 2.24) is 0 Å². The third-order valence-corrected chi connectivity index (χ3v) is 5.43. The van der Waals surface area contributed by atoms with Crippen LogP contribution in [0.4, 0.5) is 11.4 Å². The van der Waals surface area contributed by atoms with E-state index in [1.165, 1.54) is 16.9 Å².